The van der Waals surface area contributed by atoms with Crippen LogP contribution in [0.1, 0.15) is 24.8 Å². The predicted molar refractivity (Wildman–Crippen MR) is 120 cm³/mol. The molecule has 1 saturated carbocycles. The highest BCUT2D eigenvalue weighted by molar-refractivity contribution is 9.10. The third kappa shape index (κ3) is 4.40. The number of hydrogen-bond acceptors (Lipinski definition) is 4. The first-order valence-corrected chi connectivity index (χ1v) is 12.5. The Morgan fingerprint density at radius 3 is 2.63 bits per heavy atom. The summed E-state index contributed by atoms with van der Waals surface area (Å²) in [4.78, 5) is 26.6. The molecule has 2 aliphatic rings. The van der Waals surface area contributed by atoms with Crippen LogP contribution in [0, 0.1) is 5.92 Å². The van der Waals surface area contributed by atoms with Crippen LogP contribution in [-0.4, -0.2) is 32.5 Å². The van der Waals surface area contributed by atoms with Crippen molar-refractivity contribution in [2.75, 3.05) is 22.5 Å². The molecule has 0 bridgehead atoms. The number of fused-ring (bicyclic) bond motifs is 1. The molecule has 1 N–H and O–H groups in total. The van der Waals surface area contributed by atoms with Crippen molar-refractivity contribution in [2.45, 2.75) is 30.6 Å². The lowest BCUT2D eigenvalue weighted by Crippen LogP contribution is -2.30. The highest BCUT2D eigenvalue weighted by Gasteiger charge is 2.37. The Labute approximate surface area is 188 Å². The van der Waals surface area contributed by atoms with E-state index >= 15 is 0 Å². The van der Waals surface area contributed by atoms with Crippen LogP contribution < -0.4 is 10.2 Å². The summed E-state index contributed by atoms with van der Waals surface area (Å²) >= 11 is 9.38. The molecule has 1 heterocycles. The van der Waals surface area contributed by atoms with Crippen molar-refractivity contribution in [1.82, 2.24) is 0 Å². The maximum Gasteiger partial charge on any atom is 0.230 e. The van der Waals surface area contributed by atoms with Gasteiger partial charge >= 0.3 is 0 Å². The van der Waals surface area contributed by atoms with Crippen LogP contribution in [-0.2, 0) is 25.8 Å². The number of amides is 2. The van der Waals surface area contributed by atoms with E-state index in [1.165, 1.54) is 0 Å². The molecule has 1 aliphatic carbocycles. The molecule has 0 spiro atoms. The second kappa shape index (κ2) is 8.32. The molecule has 2 amide bonds. The molecule has 1 aliphatic heterocycles. The molecule has 1 fully saturated rings. The van der Waals surface area contributed by atoms with Gasteiger partial charge in [-0.1, -0.05) is 23.7 Å². The molecular weight excluding hydrogens is 492 g/mol. The topological polar surface area (TPSA) is 83.6 Å². The number of benzene rings is 2. The van der Waals surface area contributed by atoms with Crippen molar-refractivity contribution < 1.29 is 18.0 Å². The van der Waals surface area contributed by atoms with E-state index in [1.807, 2.05) is 0 Å². The Balaban J connectivity index is 1.50. The van der Waals surface area contributed by atoms with E-state index in [-0.39, 0.29) is 28.9 Å². The molecule has 30 heavy (non-hydrogen) atoms. The van der Waals surface area contributed by atoms with Crippen LogP contribution in [0.4, 0.5) is 11.4 Å². The molecule has 2 aromatic rings. The van der Waals surface area contributed by atoms with E-state index in [0.29, 0.717) is 33.8 Å². The molecule has 0 aromatic heterocycles. The molecule has 0 unspecified atom stereocenters. The summed E-state index contributed by atoms with van der Waals surface area (Å²) in [6, 6.07) is 10.1. The van der Waals surface area contributed by atoms with Gasteiger partial charge in [-0.3, -0.25) is 9.59 Å². The van der Waals surface area contributed by atoms with Crippen LogP contribution in [0.25, 0.3) is 0 Å². The van der Waals surface area contributed by atoms with Crippen LogP contribution in [0.15, 0.2) is 45.8 Å². The van der Waals surface area contributed by atoms with Gasteiger partial charge in [0.25, 0.3) is 0 Å². The first kappa shape index (κ1) is 21.3. The number of anilines is 2. The predicted octanol–water partition coefficient (Wildman–Crippen LogP) is 4.20. The fourth-order valence-corrected chi connectivity index (χ4v) is 6.15. The lowest BCUT2D eigenvalue weighted by atomic mass is 10.2. The lowest BCUT2D eigenvalue weighted by molar-refractivity contribution is -0.119. The van der Waals surface area contributed by atoms with Gasteiger partial charge in [-0.2, -0.15) is 0 Å². The summed E-state index contributed by atoms with van der Waals surface area (Å²) in [6.07, 6.45) is 2.29. The minimum Gasteiger partial charge on any atom is -0.325 e. The average molecular weight is 512 g/mol. The number of carbonyl (C=O) groups is 2. The van der Waals surface area contributed by atoms with Crippen LogP contribution in [0.2, 0.25) is 5.02 Å². The summed E-state index contributed by atoms with van der Waals surface area (Å²) < 4.78 is 26.4. The van der Waals surface area contributed by atoms with Gasteiger partial charge in [-0.15, -0.1) is 0 Å². The standard InChI is InChI=1S/C21H20BrClN2O4S/c22-15-11-14-7-9-25(21(27)13-5-6-13)18(14)12-19(15)30(28,29)10-8-20(26)24-17-4-2-1-3-16(17)23/h1-4,11-13H,5-10H2,(H,24,26). The van der Waals surface area contributed by atoms with Crippen LogP contribution >= 0.6 is 27.5 Å². The highest BCUT2D eigenvalue weighted by atomic mass is 79.9. The van der Waals surface area contributed by atoms with E-state index < -0.39 is 15.7 Å². The van der Waals surface area contributed by atoms with E-state index in [2.05, 4.69) is 21.2 Å². The van der Waals surface area contributed by atoms with Gasteiger partial charge in [0.2, 0.25) is 11.8 Å². The van der Waals surface area contributed by atoms with E-state index in [4.69, 9.17) is 11.6 Å². The number of nitrogens with one attached hydrogen (secondary N) is 1. The summed E-state index contributed by atoms with van der Waals surface area (Å²) in [5, 5.41) is 3.02. The van der Waals surface area contributed by atoms with E-state index in [1.54, 1.807) is 41.3 Å². The zero-order valence-electron chi connectivity index (χ0n) is 16.0. The Kier molecular flexibility index (Phi) is 5.92. The second-order valence-electron chi connectivity index (χ2n) is 7.52. The highest BCUT2D eigenvalue weighted by Crippen LogP contribution is 2.39. The monoisotopic (exact) mass is 510 g/mol. The van der Waals surface area contributed by atoms with Crippen molar-refractivity contribution in [3.05, 3.63) is 51.5 Å². The molecule has 9 heteroatoms. The molecule has 2 aromatic carbocycles. The third-order valence-electron chi connectivity index (χ3n) is 5.30. The Morgan fingerprint density at radius 1 is 1.20 bits per heavy atom. The van der Waals surface area contributed by atoms with Gasteiger partial charge in [0.15, 0.2) is 9.84 Å². The Morgan fingerprint density at radius 2 is 1.93 bits per heavy atom. The van der Waals surface area contributed by atoms with Gasteiger partial charge in [0.1, 0.15) is 0 Å². The Hall–Kier alpha value is -1.90. The number of nitrogens with zero attached hydrogens (tertiary/aromatic N) is 1. The largest absolute Gasteiger partial charge is 0.325 e. The fourth-order valence-electron chi connectivity index (χ4n) is 3.52. The quantitative estimate of drug-likeness (QED) is 0.630. The molecule has 0 saturated heterocycles. The van der Waals surface area contributed by atoms with Crippen molar-refractivity contribution >= 4 is 60.6 Å². The zero-order valence-corrected chi connectivity index (χ0v) is 19.2. The summed E-state index contributed by atoms with van der Waals surface area (Å²) in [5.74, 6) is -0.654. The fraction of sp³-hybridized carbons (Fsp3) is 0.333. The third-order valence-corrected chi connectivity index (χ3v) is 8.30. The van der Waals surface area contributed by atoms with Gasteiger partial charge in [0, 0.05) is 29.0 Å². The maximum atomic E-state index is 13.0. The van der Waals surface area contributed by atoms with Crippen LogP contribution in [0.5, 0.6) is 0 Å². The Bertz CT molecular complexity index is 1130. The van der Waals surface area contributed by atoms with Gasteiger partial charge in [-0.25, -0.2) is 8.42 Å². The van der Waals surface area contributed by atoms with Crippen molar-refractivity contribution in [3.8, 4) is 0 Å². The second-order valence-corrected chi connectivity index (χ2v) is 10.9. The summed E-state index contributed by atoms with van der Waals surface area (Å²) in [6.45, 7) is 0.570. The first-order valence-electron chi connectivity index (χ1n) is 9.67. The van der Waals surface area contributed by atoms with Crippen LogP contribution in [0.3, 0.4) is 0 Å². The maximum absolute atomic E-state index is 13.0. The minimum atomic E-state index is -3.74. The average Bonchev–Trinajstić information content (AvgIpc) is 3.47. The van der Waals surface area contributed by atoms with Gasteiger partial charge in [0.05, 0.1) is 21.4 Å². The summed E-state index contributed by atoms with van der Waals surface area (Å²) in [7, 11) is -3.74. The molecule has 6 nitrogen and oxygen atoms in total. The SMILES string of the molecule is O=C(CCS(=O)(=O)c1cc2c(cc1Br)CCN2C(=O)C1CC1)Nc1ccccc1Cl. The minimum absolute atomic E-state index is 0.0631. The van der Waals surface area contributed by atoms with Gasteiger partial charge in [-0.05, 0) is 65.0 Å². The molecular formula is C21H20BrClN2O4S. The molecule has 4 rings (SSSR count). The number of halogens is 2. The number of hydrogen-bond donors (Lipinski definition) is 1. The molecule has 0 atom stereocenters. The number of rotatable bonds is 6. The lowest BCUT2D eigenvalue weighted by Gasteiger charge is -2.18. The molecule has 0 radical (unpaired) electrons. The molecule has 158 valence electrons. The summed E-state index contributed by atoms with van der Waals surface area (Å²) in [5.41, 5.74) is 2.05. The van der Waals surface area contributed by atoms with E-state index in [0.717, 1.165) is 18.4 Å². The van der Waals surface area contributed by atoms with Gasteiger partial charge < -0.3 is 10.2 Å². The van der Waals surface area contributed by atoms with Crippen molar-refractivity contribution in [3.63, 3.8) is 0 Å². The van der Waals surface area contributed by atoms with Crippen molar-refractivity contribution in [2.24, 2.45) is 5.92 Å². The number of sulfone groups is 1. The number of para-hydroxylation sites is 1. The number of carbonyl (C=O) groups excluding carboxylic acids is 2. The van der Waals surface area contributed by atoms with E-state index in [9.17, 15) is 18.0 Å². The first-order chi connectivity index (χ1) is 14.3. The van der Waals surface area contributed by atoms with Crippen molar-refractivity contribution in [1.29, 1.82) is 0 Å². The smallest absolute Gasteiger partial charge is 0.230 e. The normalized spacial score (nSPS) is 15.7. The zero-order chi connectivity index (χ0) is 21.5.